The Morgan fingerprint density at radius 2 is 1.97 bits per heavy atom. The van der Waals surface area contributed by atoms with Gasteiger partial charge in [0.05, 0.1) is 5.69 Å². The first-order valence-electron chi connectivity index (χ1n) is 10.3. The number of aromatic nitrogens is 1. The molecule has 1 fully saturated rings. The van der Waals surface area contributed by atoms with E-state index in [-0.39, 0.29) is 12.0 Å². The van der Waals surface area contributed by atoms with Crippen molar-refractivity contribution in [3.05, 3.63) is 63.9 Å². The molecule has 2 aromatic rings. The summed E-state index contributed by atoms with van der Waals surface area (Å²) in [4.78, 5) is 19.1. The first-order chi connectivity index (χ1) is 14.2. The molecule has 0 saturated carbocycles. The fourth-order valence-corrected chi connectivity index (χ4v) is 5.16. The van der Waals surface area contributed by atoms with E-state index in [0.29, 0.717) is 19.0 Å². The van der Waals surface area contributed by atoms with E-state index in [9.17, 15) is 4.79 Å². The maximum atomic E-state index is 12.5. The van der Waals surface area contributed by atoms with Crippen LogP contribution in [-0.2, 0) is 4.74 Å². The lowest BCUT2D eigenvalue weighted by atomic mass is 9.76. The number of amides is 1. The van der Waals surface area contributed by atoms with Crippen molar-refractivity contribution in [2.45, 2.75) is 45.1 Å². The second-order valence-electron chi connectivity index (χ2n) is 8.98. The molecule has 30 heavy (non-hydrogen) atoms. The number of nitrogens with zero attached hydrogens (tertiary/aromatic N) is 2. The van der Waals surface area contributed by atoms with E-state index in [1.807, 2.05) is 50.1 Å². The zero-order valence-electron chi connectivity index (χ0n) is 17.5. The second kappa shape index (κ2) is 8.35. The molecule has 0 unspecified atom stereocenters. The third kappa shape index (κ3) is 4.42. The molecule has 1 aromatic heterocycles. The Bertz CT molecular complexity index is 991. The Kier molecular flexibility index (Phi) is 5.95. The van der Waals surface area contributed by atoms with Crippen molar-refractivity contribution in [1.82, 2.24) is 9.88 Å². The SMILES string of the molecule is CC(C)(C)OC(=O)N1CCC([C@H]2c3ccc(Cl)cc3C(Br)=Cc3cccnc32)CC1. The van der Waals surface area contributed by atoms with Gasteiger partial charge in [-0.05, 0) is 80.5 Å². The maximum Gasteiger partial charge on any atom is 0.410 e. The number of hydrogen-bond donors (Lipinski definition) is 0. The highest BCUT2D eigenvalue weighted by atomic mass is 79.9. The van der Waals surface area contributed by atoms with Gasteiger partial charge in [0, 0.05) is 34.7 Å². The van der Waals surface area contributed by atoms with Crippen LogP contribution in [0.5, 0.6) is 0 Å². The van der Waals surface area contributed by atoms with Crippen LogP contribution in [0.2, 0.25) is 5.02 Å². The Morgan fingerprint density at radius 3 is 2.67 bits per heavy atom. The smallest absolute Gasteiger partial charge is 0.410 e. The molecule has 1 saturated heterocycles. The van der Waals surface area contributed by atoms with E-state index in [4.69, 9.17) is 21.3 Å². The van der Waals surface area contributed by atoms with Gasteiger partial charge in [0.2, 0.25) is 0 Å². The normalized spacial score (nSPS) is 19.4. The Labute approximate surface area is 191 Å². The monoisotopic (exact) mass is 488 g/mol. The Hall–Kier alpha value is -1.85. The first kappa shape index (κ1) is 21.4. The largest absolute Gasteiger partial charge is 0.444 e. The first-order valence-corrected chi connectivity index (χ1v) is 11.5. The summed E-state index contributed by atoms with van der Waals surface area (Å²) in [6.45, 7) is 7.08. The van der Waals surface area contributed by atoms with Gasteiger partial charge in [-0.15, -0.1) is 0 Å². The minimum Gasteiger partial charge on any atom is -0.444 e. The Morgan fingerprint density at radius 1 is 1.23 bits per heavy atom. The number of halogens is 2. The third-order valence-corrected chi connectivity index (χ3v) is 6.61. The van der Waals surface area contributed by atoms with Gasteiger partial charge in [0.1, 0.15) is 5.60 Å². The molecule has 1 amide bonds. The molecule has 4 rings (SSSR count). The lowest BCUT2D eigenvalue weighted by molar-refractivity contribution is 0.0178. The quantitative estimate of drug-likeness (QED) is 0.446. The summed E-state index contributed by atoms with van der Waals surface area (Å²) in [5.74, 6) is 0.532. The molecule has 1 aliphatic heterocycles. The van der Waals surface area contributed by atoms with Crippen LogP contribution < -0.4 is 0 Å². The molecule has 0 bridgehead atoms. The standard InChI is InChI=1S/C24H26BrClN2O2/c1-24(2,3)30-23(29)28-11-8-15(9-12-28)21-18-7-6-17(26)14-19(18)20(25)13-16-5-4-10-27-22(16)21/h4-7,10,13-15,21H,8-9,11-12H2,1-3H3/t21-/m0/s1. The molecular weight excluding hydrogens is 464 g/mol. The van der Waals surface area contributed by atoms with E-state index >= 15 is 0 Å². The van der Waals surface area contributed by atoms with Crippen molar-refractivity contribution < 1.29 is 9.53 Å². The summed E-state index contributed by atoms with van der Waals surface area (Å²) in [6.07, 6.45) is 5.58. The van der Waals surface area contributed by atoms with E-state index in [2.05, 4.69) is 34.1 Å². The van der Waals surface area contributed by atoms with Gasteiger partial charge in [0.25, 0.3) is 0 Å². The number of carbonyl (C=O) groups excluding carboxylic acids is 1. The van der Waals surface area contributed by atoms with E-state index < -0.39 is 5.60 Å². The molecule has 2 aliphatic rings. The number of pyridine rings is 1. The molecule has 1 aromatic carbocycles. The predicted octanol–water partition coefficient (Wildman–Crippen LogP) is 6.72. The molecule has 158 valence electrons. The van der Waals surface area contributed by atoms with Gasteiger partial charge in [-0.2, -0.15) is 0 Å². The highest BCUT2D eigenvalue weighted by molar-refractivity contribution is 9.15. The number of ether oxygens (including phenoxy) is 1. The molecule has 0 radical (unpaired) electrons. The van der Waals surface area contributed by atoms with Crippen LogP contribution in [-0.4, -0.2) is 34.7 Å². The van der Waals surface area contributed by atoms with Crippen molar-refractivity contribution in [1.29, 1.82) is 0 Å². The molecule has 2 heterocycles. The predicted molar refractivity (Wildman–Crippen MR) is 125 cm³/mol. The highest BCUT2D eigenvalue weighted by Crippen LogP contribution is 2.46. The number of hydrogen-bond acceptors (Lipinski definition) is 3. The van der Waals surface area contributed by atoms with E-state index in [0.717, 1.165) is 39.2 Å². The minimum absolute atomic E-state index is 0.153. The molecule has 1 aliphatic carbocycles. The number of fused-ring (bicyclic) bond motifs is 2. The Balaban J connectivity index is 1.64. The molecule has 6 heteroatoms. The highest BCUT2D eigenvalue weighted by Gasteiger charge is 2.35. The van der Waals surface area contributed by atoms with Crippen LogP contribution >= 0.6 is 27.5 Å². The fourth-order valence-electron chi connectivity index (χ4n) is 4.40. The van der Waals surface area contributed by atoms with Crippen molar-refractivity contribution in [3.63, 3.8) is 0 Å². The van der Waals surface area contributed by atoms with Crippen LogP contribution in [0.1, 0.15) is 61.9 Å². The molecule has 4 nitrogen and oxygen atoms in total. The number of carbonyl (C=O) groups is 1. The van der Waals surface area contributed by atoms with Gasteiger partial charge in [-0.3, -0.25) is 4.98 Å². The third-order valence-electron chi connectivity index (χ3n) is 5.72. The average molecular weight is 490 g/mol. The topological polar surface area (TPSA) is 42.4 Å². The summed E-state index contributed by atoms with van der Waals surface area (Å²) < 4.78 is 6.58. The van der Waals surface area contributed by atoms with Crippen molar-refractivity contribution in [2.75, 3.05) is 13.1 Å². The minimum atomic E-state index is -0.478. The fraction of sp³-hybridized carbons (Fsp3) is 0.417. The van der Waals surface area contributed by atoms with Crippen LogP contribution in [0.4, 0.5) is 4.79 Å². The second-order valence-corrected chi connectivity index (χ2v) is 10.3. The van der Waals surface area contributed by atoms with Crippen molar-refractivity contribution in [3.8, 4) is 0 Å². The number of rotatable bonds is 1. The maximum absolute atomic E-state index is 12.5. The van der Waals surface area contributed by atoms with Gasteiger partial charge in [-0.1, -0.05) is 39.7 Å². The lowest BCUT2D eigenvalue weighted by Gasteiger charge is -2.37. The molecule has 0 N–H and O–H groups in total. The summed E-state index contributed by atoms with van der Waals surface area (Å²) in [7, 11) is 0. The van der Waals surface area contributed by atoms with Crippen LogP contribution in [0.3, 0.4) is 0 Å². The number of benzene rings is 1. The van der Waals surface area contributed by atoms with Gasteiger partial charge < -0.3 is 9.64 Å². The number of likely N-dealkylation sites (tertiary alicyclic amines) is 1. The van der Waals surface area contributed by atoms with Gasteiger partial charge >= 0.3 is 6.09 Å². The summed E-state index contributed by atoms with van der Waals surface area (Å²) >= 11 is 10.1. The van der Waals surface area contributed by atoms with E-state index in [1.165, 1.54) is 5.56 Å². The zero-order valence-corrected chi connectivity index (χ0v) is 19.8. The van der Waals surface area contributed by atoms with Gasteiger partial charge in [-0.25, -0.2) is 4.79 Å². The van der Waals surface area contributed by atoms with Crippen LogP contribution in [0.15, 0.2) is 36.5 Å². The van der Waals surface area contributed by atoms with Crippen molar-refractivity contribution in [2.24, 2.45) is 5.92 Å². The lowest BCUT2D eigenvalue weighted by Crippen LogP contribution is -2.42. The molecule has 1 atom stereocenters. The average Bonchev–Trinajstić information content (AvgIpc) is 2.81. The zero-order chi connectivity index (χ0) is 21.5. The molecule has 0 spiro atoms. The van der Waals surface area contributed by atoms with Crippen molar-refractivity contribution >= 4 is 44.2 Å². The molecular formula is C24H26BrClN2O2. The van der Waals surface area contributed by atoms with Gasteiger partial charge in [0.15, 0.2) is 0 Å². The van der Waals surface area contributed by atoms with Crippen LogP contribution in [0.25, 0.3) is 10.6 Å². The van der Waals surface area contributed by atoms with E-state index in [1.54, 1.807) is 0 Å². The van der Waals surface area contributed by atoms with Crippen LogP contribution in [0, 0.1) is 5.92 Å². The summed E-state index contributed by atoms with van der Waals surface area (Å²) in [6, 6.07) is 10.2. The number of piperidine rings is 1. The summed E-state index contributed by atoms with van der Waals surface area (Å²) in [5, 5.41) is 0.719. The summed E-state index contributed by atoms with van der Waals surface area (Å²) in [5.41, 5.74) is 4.08.